The molecule has 4 heteroatoms. The SMILES string of the molecule is O=C(Nc1cccc(CNC2CC2)c1)NC1CC1. The standard InChI is InChI=1S/C14H19N3O/c18-14(16-12-6-7-12)17-13-3-1-2-10(8-13)9-15-11-4-5-11/h1-3,8,11-12,15H,4-7,9H2,(H2,16,17,18). The van der Waals surface area contributed by atoms with Gasteiger partial charge in [-0.25, -0.2) is 4.79 Å². The molecule has 3 N–H and O–H groups in total. The van der Waals surface area contributed by atoms with Gasteiger partial charge in [0, 0.05) is 24.3 Å². The summed E-state index contributed by atoms with van der Waals surface area (Å²) < 4.78 is 0. The fraction of sp³-hybridized carbons (Fsp3) is 0.500. The molecule has 2 fully saturated rings. The third kappa shape index (κ3) is 3.47. The van der Waals surface area contributed by atoms with E-state index in [2.05, 4.69) is 22.0 Å². The first-order valence-corrected chi connectivity index (χ1v) is 6.69. The van der Waals surface area contributed by atoms with E-state index < -0.39 is 0 Å². The Bertz CT molecular complexity index is 438. The molecular formula is C14H19N3O. The van der Waals surface area contributed by atoms with E-state index in [9.17, 15) is 4.79 Å². The van der Waals surface area contributed by atoms with Crippen molar-refractivity contribution in [2.45, 2.75) is 44.3 Å². The van der Waals surface area contributed by atoms with Crippen LogP contribution >= 0.6 is 0 Å². The van der Waals surface area contributed by atoms with Crippen LogP contribution in [0, 0.1) is 0 Å². The van der Waals surface area contributed by atoms with Gasteiger partial charge in [-0.1, -0.05) is 12.1 Å². The van der Waals surface area contributed by atoms with Gasteiger partial charge in [-0.15, -0.1) is 0 Å². The zero-order chi connectivity index (χ0) is 12.4. The van der Waals surface area contributed by atoms with Crippen LogP contribution in [0.5, 0.6) is 0 Å². The quantitative estimate of drug-likeness (QED) is 0.745. The summed E-state index contributed by atoms with van der Waals surface area (Å²) in [5, 5.41) is 9.26. The molecule has 1 aromatic rings. The second-order valence-electron chi connectivity index (χ2n) is 5.23. The Labute approximate surface area is 107 Å². The summed E-state index contributed by atoms with van der Waals surface area (Å²) in [6.45, 7) is 0.879. The minimum Gasteiger partial charge on any atom is -0.335 e. The number of urea groups is 1. The maximum Gasteiger partial charge on any atom is 0.319 e. The van der Waals surface area contributed by atoms with Gasteiger partial charge >= 0.3 is 6.03 Å². The molecule has 1 aromatic carbocycles. The van der Waals surface area contributed by atoms with Gasteiger partial charge < -0.3 is 16.0 Å². The van der Waals surface area contributed by atoms with Gasteiger partial charge in [0.15, 0.2) is 0 Å². The summed E-state index contributed by atoms with van der Waals surface area (Å²) in [6.07, 6.45) is 4.81. The lowest BCUT2D eigenvalue weighted by molar-refractivity contribution is 0.251. The summed E-state index contributed by atoms with van der Waals surface area (Å²) in [6, 6.07) is 9.03. The Hall–Kier alpha value is -1.55. The zero-order valence-electron chi connectivity index (χ0n) is 10.4. The summed E-state index contributed by atoms with van der Waals surface area (Å²) in [7, 11) is 0. The van der Waals surface area contributed by atoms with Crippen molar-refractivity contribution in [2.75, 3.05) is 5.32 Å². The third-order valence-electron chi connectivity index (χ3n) is 3.27. The molecule has 0 radical (unpaired) electrons. The van der Waals surface area contributed by atoms with E-state index in [0.717, 1.165) is 25.1 Å². The van der Waals surface area contributed by atoms with Crippen molar-refractivity contribution in [1.29, 1.82) is 0 Å². The van der Waals surface area contributed by atoms with Crippen molar-refractivity contribution < 1.29 is 4.79 Å². The van der Waals surface area contributed by atoms with E-state index in [1.54, 1.807) is 0 Å². The maximum absolute atomic E-state index is 11.6. The second-order valence-corrected chi connectivity index (χ2v) is 5.23. The molecule has 18 heavy (non-hydrogen) atoms. The lowest BCUT2D eigenvalue weighted by Crippen LogP contribution is -2.30. The number of carbonyl (C=O) groups is 1. The molecule has 0 atom stereocenters. The fourth-order valence-electron chi connectivity index (χ4n) is 1.89. The number of amides is 2. The Morgan fingerprint density at radius 3 is 2.67 bits per heavy atom. The highest BCUT2D eigenvalue weighted by Gasteiger charge is 2.23. The number of carbonyl (C=O) groups excluding carboxylic acids is 1. The molecule has 3 rings (SSSR count). The lowest BCUT2D eigenvalue weighted by atomic mass is 10.2. The van der Waals surface area contributed by atoms with Crippen molar-refractivity contribution in [2.24, 2.45) is 0 Å². The first-order chi connectivity index (χ1) is 8.79. The second kappa shape index (κ2) is 4.98. The van der Waals surface area contributed by atoms with Crippen LogP contribution in [0.1, 0.15) is 31.2 Å². The molecular weight excluding hydrogens is 226 g/mol. The molecule has 0 aromatic heterocycles. The van der Waals surface area contributed by atoms with E-state index in [1.807, 2.05) is 18.2 Å². The number of hydrogen-bond donors (Lipinski definition) is 3. The average molecular weight is 245 g/mol. The highest BCUT2D eigenvalue weighted by atomic mass is 16.2. The van der Waals surface area contributed by atoms with Crippen molar-refractivity contribution in [3.8, 4) is 0 Å². The molecule has 0 aliphatic heterocycles. The van der Waals surface area contributed by atoms with Gasteiger partial charge in [-0.3, -0.25) is 0 Å². The molecule has 0 saturated heterocycles. The Kier molecular flexibility index (Phi) is 3.19. The Morgan fingerprint density at radius 2 is 1.94 bits per heavy atom. The van der Waals surface area contributed by atoms with Crippen molar-refractivity contribution in [3.63, 3.8) is 0 Å². The zero-order valence-corrected chi connectivity index (χ0v) is 10.4. The predicted octanol–water partition coefficient (Wildman–Crippen LogP) is 2.22. The molecule has 2 saturated carbocycles. The van der Waals surface area contributed by atoms with Crippen molar-refractivity contribution >= 4 is 11.7 Å². The summed E-state index contributed by atoms with van der Waals surface area (Å²) in [5.74, 6) is 0. The van der Waals surface area contributed by atoms with Crippen LogP contribution in [0.15, 0.2) is 24.3 Å². The van der Waals surface area contributed by atoms with Gasteiger partial charge in [0.25, 0.3) is 0 Å². The fourth-order valence-corrected chi connectivity index (χ4v) is 1.89. The van der Waals surface area contributed by atoms with E-state index in [4.69, 9.17) is 0 Å². The van der Waals surface area contributed by atoms with Crippen LogP contribution in [0.3, 0.4) is 0 Å². The number of anilines is 1. The first-order valence-electron chi connectivity index (χ1n) is 6.69. The van der Waals surface area contributed by atoms with Gasteiger partial charge in [-0.05, 0) is 43.4 Å². The average Bonchev–Trinajstić information content (AvgIpc) is 3.22. The minimum atomic E-state index is -0.0928. The number of hydrogen-bond acceptors (Lipinski definition) is 2. The van der Waals surface area contributed by atoms with Crippen LogP contribution in [0.4, 0.5) is 10.5 Å². The third-order valence-corrected chi connectivity index (χ3v) is 3.27. The van der Waals surface area contributed by atoms with Crippen molar-refractivity contribution in [3.05, 3.63) is 29.8 Å². The van der Waals surface area contributed by atoms with Crippen LogP contribution in [-0.2, 0) is 6.54 Å². The van der Waals surface area contributed by atoms with Crippen LogP contribution in [0.2, 0.25) is 0 Å². The minimum absolute atomic E-state index is 0.0928. The molecule has 2 aliphatic carbocycles. The Morgan fingerprint density at radius 1 is 1.17 bits per heavy atom. The van der Waals surface area contributed by atoms with Crippen LogP contribution < -0.4 is 16.0 Å². The molecule has 0 bridgehead atoms. The van der Waals surface area contributed by atoms with E-state index >= 15 is 0 Å². The van der Waals surface area contributed by atoms with Gasteiger partial charge in [-0.2, -0.15) is 0 Å². The van der Waals surface area contributed by atoms with Gasteiger partial charge in [0.1, 0.15) is 0 Å². The normalized spacial score (nSPS) is 18.4. The summed E-state index contributed by atoms with van der Waals surface area (Å²) in [4.78, 5) is 11.6. The number of rotatable bonds is 5. The molecule has 2 aliphatic rings. The predicted molar refractivity (Wildman–Crippen MR) is 71.5 cm³/mol. The molecule has 4 nitrogen and oxygen atoms in total. The molecule has 0 spiro atoms. The summed E-state index contributed by atoms with van der Waals surface area (Å²) in [5.41, 5.74) is 2.08. The maximum atomic E-state index is 11.6. The van der Waals surface area contributed by atoms with Gasteiger partial charge in [0.2, 0.25) is 0 Å². The van der Waals surface area contributed by atoms with E-state index in [1.165, 1.54) is 18.4 Å². The molecule has 0 heterocycles. The van der Waals surface area contributed by atoms with Gasteiger partial charge in [0.05, 0.1) is 0 Å². The molecule has 0 unspecified atom stereocenters. The monoisotopic (exact) mass is 245 g/mol. The largest absolute Gasteiger partial charge is 0.335 e. The molecule has 96 valence electrons. The topological polar surface area (TPSA) is 53.2 Å². The molecule has 2 amide bonds. The van der Waals surface area contributed by atoms with E-state index in [0.29, 0.717) is 12.1 Å². The van der Waals surface area contributed by atoms with E-state index in [-0.39, 0.29) is 6.03 Å². The highest BCUT2D eigenvalue weighted by Crippen LogP contribution is 2.20. The Balaban J connectivity index is 1.53. The summed E-state index contributed by atoms with van der Waals surface area (Å²) >= 11 is 0. The van der Waals surface area contributed by atoms with Crippen LogP contribution in [0.25, 0.3) is 0 Å². The smallest absolute Gasteiger partial charge is 0.319 e. The van der Waals surface area contributed by atoms with Crippen LogP contribution in [-0.4, -0.2) is 18.1 Å². The lowest BCUT2D eigenvalue weighted by Gasteiger charge is -2.09. The highest BCUT2D eigenvalue weighted by molar-refractivity contribution is 5.89. The number of nitrogens with one attached hydrogen (secondary N) is 3. The number of benzene rings is 1. The van der Waals surface area contributed by atoms with Crippen molar-refractivity contribution in [1.82, 2.24) is 10.6 Å². The first kappa shape index (κ1) is 11.5.